The Morgan fingerprint density at radius 1 is 0.947 bits per heavy atom. The first-order chi connectivity index (χ1) is 9.17. The molecule has 100 valence electrons. The maximum Gasteiger partial charge on any atom is 0.123 e. The second-order valence-corrected chi connectivity index (χ2v) is 4.82. The lowest BCUT2D eigenvalue weighted by Crippen LogP contribution is -2.17. The van der Waals surface area contributed by atoms with Crippen LogP contribution in [0.3, 0.4) is 0 Å². The average molecular weight is 258 g/mol. The predicted molar refractivity (Wildman–Crippen MR) is 75.9 cm³/mol. The van der Waals surface area contributed by atoms with Crippen molar-refractivity contribution in [1.82, 2.24) is 4.90 Å². The zero-order chi connectivity index (χ0) is 13.7. The molecule has 0 aliphatic carbocycles. The predicted octanol–water partition coefficient (Wildman–Crippen LogP) is 2.92. The highest BCUT2D eigenvalue weighted by atomic mass is 19.1. The topological polar surface area (TPSA) is 29.3 Å². The van der Waals surface area contributed by atoms with Gasteiger partial charge in [0.2, 0.25) is 0 Å². The van der Waals surface area contributed by atoms with Gasteiger partial charge in [-0.1, -0.05) is 36.4 Å². The molecule has 3 heteroatoms. The van der Waals surface area contributed by atoms with Crippen LogP contribution in [0, 0.1) is 5.82 Å². The Bertz CT molecular complexity index is 523. The van der Waals surface area contributed by atoms with E-state index in [0.717, 1.165) is 24.2 Å². The fourth-order valence-electron chi connectivity index (χ4n) is 2.12. The van der Waals surface area contributed by atoms with Crippen LogP contribution in [0.5, 0.6) is 0 Å². The highest BCUT2D eigenvalue weighted by Gasteiger charge is 2.03. The van der Waals surface area contributed by atoms with Crippen molar-refractivity contribution < 1.29 is 4.39 Å². The van der Waals surface area contributed by atoms with E-state index < -0.39 is 0 Å². The van der Waals surface area contributed by atoms with Gasteiger partial charge in [0.1, 0.15) is 5.82 Å². The van der Waals surface area contributed by atoms with Crippen molar-refractivity contribution in [2.75, 3.05) is 7.05 Å². The quantitative estimate of drug-likeness (QED) is 0.893. The number of hydrogen-bond donors (Lipinski definition) is 1. The third-order valence-electron chi connectivity index (χ3n) is 3.05. The molecule has 0 unspecified atom stereocenters. The van der Waals surface area contributed by atoms with E-state index in [9.17, 15) is 4.39 Å². The second-order valence-electron chi connectivity index (χ2n) is 4.82. The lowest BCUT2D eigenvalue weighted by atomic mass is 10.1. The third kappa shape index (κ3) is 4.16. The maximum absolute atomic E-state index is 12.8. The summed E-state index contributed by atoms with van der Waals surface area (Å²) in [4.78, 5) is 2.20. The summed E-state index contributed by atoms with van der Waals surface area (Å²) in [5.41, 5.74) is 9.14. The van der Waals surface area contributed by atoms with Crippen molar-refractivity contribution in [1.29, 1.82) is 0 Å². The van der Waals surface area contributed by atoms with Crippen molar-refractivity contribution in [3.05, 3.63) is 71.0 Å². The first kappa shape index (κ1) is 13.7. The van der Waals surface area contributed by atoms with Crippen LogP contribution in [-0.4, -0.2) is 11.9 Å². The molecule has 0 bridgehead atoms. The average Bonchev–Trinajstić information content (AvgIpc) is 2.41. The molecule has 0 fully saturated rings. The zero-order valence-electron chi connectivity index (χ0n) is 11.1. The highest BCUT2D eigenvalue weighted by Crippen LogP contribution is 2.10. The molecule has 0 radical (unpaired) electrons. The Kier molecular flexibility index (Phi) is 4.66. The van der Waals surface area contributed by atoms with Gasteiger partial charge < -0.3 is 5.73 Å². The molecule has 0 aromatic heterocycles. The lowest BCUT2D eigenvalue weighted by Gasteiger charge is -2.17. The van der Waals surface area contributed by atoms with Gasteiger partial charge in [-0.3, -0.25) is 4.90 Å². The van der Waals surface area contributed by atoms with Crippen molar-refractivity contribution in [3.8, 4) is 0 Å². The normalized spacial score (nSPS) is 10.9. The van der Waals surface area contributed by atoms with Gasteiger partial charge in [-0.05, 0) is 35.9 Å². The molecular weight excluding hydrogens is 239 g/mol. The largest absolute Gasteiger partial charge is 0.326 e. The number of nitrogens with two attached hydrogens (primary N) is 1. The minimum Gasteiger partial charge on any atom is -0.326 e. The van der Waals surface area contributed by atoms with E-state index in [1.807, 2.05) is 24.3 Å². The fraction of sp³-hybridized carbons (Fsp3) is 0.250. The summed E-state index contributed by atoms with van der Waals surface area (Å²) in [6.07, 6.45) is 0. The zero-order valence-corrected chi connectivity index (χ0v) is 11.1. The Morgan fingerprint density at radius 3 is 2.26 bits per heavy atom. The Balaban J connectivity index is 1.96. The van der Waals surface area contributed by atoms with Crippen LogP contribution in [0.15, 0.2) is 48.5 Å². The van der Waals surface area contributed by atoms with Crippen LogP contribution < -0.4 is 5.73 Å². The molecule has 0 saturated carbocycles. The van der Waals surface area contributed by atoms with Gasteiger partial charge in [0, 0.05) is 19.6 Å². The van der Waals surface area contributed by atoms with E-state index in [2.05, 4.69) is 24.1 Å². The molecule has 2 aromatic carbocycles. The summed E-state index contributed by atoms with van der Waals surface area (Å²) in [5, 5.41) is 0. The monoisotopic (exact) mass is 258 g/mol. The molecule has 2 aromatic rings. The van der Waals surface area contributed by atoms with Gasteiger partial charge in [0.15, 0.2) is 0 Å². The van der Waals surface area contributed by atoms with Crippen LogP contribution in [0.2, 0.25) is 0 Å². The number of halogens is 1. The Labute approximate surface area is 113 Å². The number of benzene rings is 2. The Morgan fingerprint density at radius 2 is 1.58 bits per heavy atom. The lowest BCUT2D eigenvalue weighted by molar-refractivity contribution is 0.319. The highest BCUT2D eigenvalue weighted by molar-refractivity contribution is 5.23. The van der Waals surface area contributed by atoms with E-state index in [-0.39, 0.29) is 5.82 Å². The van der Waals surface area contributed by atoms with Crippen LogP contribution in [0.4, 0.5) is 4.39 Å². The number of nitrogens with zero attached hydrogens (tertiary/aromatic N) is 1. The standard InChI is InChI=1S/C16H19FN2/c1-19(11-13-5-7-16(17)8-6-13)12-15-4-2-3-14(9-15)10-18/h2-9H,10-12,18H2,1H3. The van der Waals surface area contributed by atoms with E-state index >= 15 is 0 Å². The fourth-order valence-corrected chi connectivity index (χ4v) is 2.12. The molecule has 2 N–H and O–H groups in total. The first-order valence-electron chi connectivity index (χ1n) is 6.38. The van der Waals surface area contributed by atoms with Gasteiger partial charge in [-0.15, -0.1) is 0 Å². The smallest absolute Gasteiger partial charge is 0.123 e. The van der Waals surface area contributed by atoms with Gasteiger partial charge >= 0.3 is 0 Å². The molecule has 0 aliphatic rings. The summed E-state index contributed by atoms with van der Waals surface area (Å²) < 4.78 is 12.8. The summed E-state index contributed by atoms with van der Waals surface area (Å²) in [7, 11) is 2.05. The van der Waals surface area contributed by atoms with E-state index in [4.69, 9.17) is 5.73 Å². The summed E-state index contributed by atoms with van der Waals surface area (Å²) >= 11 is 0. The van der Waals surface area contributed by atoms with Crippen LogP contribution >= 0.6 is 0 Å². The van der Waals surface area contributed by atoms with Crippen LogP contribution in [-0.2, 0) is 19.6 Å². The second kappa shape index (κ2) is 6.45. The molecule has 0 saturated heterocycles. The number of rotatable bonds is 5. The van der Waals surface area contributed by atoms with Crippen molar-refractivity contribution in [2.45, 2.75) is 19.6 Å². The molecule has 0 aliphatic heterocycles. The van der Waals surface area contributed by atoms with Gasteiger partial charge in [0.05, 0.1) is 0 Å². The maximum atomic E-state index is 12.8. The molecule has 19 heavy (non-hydrogen) atoms. The third-order valence-corrected chi connectivity index (χ3v) is 3.05. The first-order valence-corrected chi connectivity index (χ1v) is 6.38. The molecule has 0 spiro atoms. The van der Waals surface area contributed by atoms with Gasteiger partial charge in [0.25, 0.3) is 0 Å². The molecule has 0 atom stereocenters. The molecule has 0 heterocycles. The van der Waals surface area contributed by atoms with Crippen molar-refractivity contribution in [2.24, 2.45) is 5.73 Å². The summed E-state index contributed by atoms with van der Waals surface area (Å²) in [5.74, 6) is -0.193. The molecular formula is C16H19FN2. The molecule has 2 rings (SSSR count). The van der Waals surface area contributed by atoms with E-state index in [1.165, 1.54) is 17.7 Å². The molecule has 0 amide bonds. The minimum atomic E-state index is -0.193. The minimum absolute atomic E-state index is 0.193. The molecule has 2 nitrogen and oxygen atoms in total. The van der Waals surface area contributed by atoms with E-state index in [0.29, 0.717) is 6.54 Å². The van der Waals surface area contributed by atoms with E-state index in [1.54, 1.807) is 0 Å². The Hall–Kier alpha value is -1.71. The summed E-state index contributed by atoms with van der Waals surface area (Å²) in [6.45, 7) is 2.22. The van der Waals surface area contributed by atoms with Crippen LogP contribution in [0.1, 0.15) is 16.7 Å². The summed E-state index contributed by atoms with van der Waals surface area (Å²) in [6, 6.07) is 14.9. The number of hydrogen-bond acceptors (Lipinski definition) is 2. The van der Waals surface area contributed by atoms with Gasteiger partial charge in [-0.25, -0.2) is 4.39 Å². The van der Waals surface area contributed by atoms with Crippen LogP contribution in [0.25, 0.3) is 0 Å². The van der Waals surface area contributed by atoms with Gasteiger partial charge in [-0.2, -0.15) is 0 Å². The SMILES string of the molecule is CN(Cc1ccc(F)cc1)Cc1cccc(CN)c1. The van der Waals surface area contributed by atoms with Crippen molar-refractivity contribution >= 4 is 0 Å². The van der Waals surface area contributed by atoms with Crippen molar-refractivity contribution in [3.63, 3.8) is 0 Å².